The summed E-state index contributed by atoms with van der Waals surface area (Å²) in [5.74, 6) is -0.709. The molecule has 146 valence electrons. The van der Waals surface area contributed by atoms with Crippen LogP contribution in [0.15, 0.2) is 22.7 Å². The van der Waals surface area contributed by atoms with Crippen LogP contribution in [0.1, 0.15) is 110 Å². The molecule has 0 aromatic heterocycles. The number of allylic oxidation sites excluding steroid dienone is 4. The third-order valence-corrected chi connectivity index (χ3v) is 5.12. The molecule has 0 aliphatic carbocycles. The van der Waals surface area contributed by atoms with Gasteiger partial charge in [0, 0.05) is 6.42 Å². The average molecular weight is 415 g/mol. The second-order valence-electron chi connectivity index (χ2n) is 6.92. The topological polar surface area (TPSA) is 37.3 Å². The van der Waals surface area contributed by atoms with Crippen molar-refractivity contribution in [3.63, 3.8) is 0 Å². The second kappa shape index (κ2) is 19.8. The molecule has 0 saturated heterocycles. The Labute approximate surface area is 164 Å². The van der Waals surface area contributed by atoms with Crippen LogP contribution in [0.4, 0.5) is 0 Å². The zero-order valence-electron chi connectivity index (χ0n) is 16.3. The fourth-order valence-corrected chi connectivity index (χ4v) is 3.28. The third kappa shape index (κ3) is 21.4. The molecular weight excluding hydrogens is 376 g/mol. The van der Waals surface area contributed by atoms with Crippen molar-refractivity contribution >= 4 is 21.9 Å². The minimum absolute atomic E-state index is 0.259. The molecule has 0 spiro atoms. The van der Waals surface area contributed by atoms with E-state index in [1.54, 1.807) is 0 Å². The molecule has 0 aliphatic heterocycles. The molecule has 0 unspecified atom stereocenters. The zero-order valence-corrected chi connectivity index (χ0v) is 17.9. The van der Waals surface area contributed by atoms with E-state index in [9.17, 15) is 4.79 Å². The van der Waals surface area contributed by atoms with E-state index in [0.717, 1.165) is 25.7 Å². The van der Waals surface area contributed by atoms with E-state index in [4.69, 9.17) is 5.11 Å². The molecule has 0 aromatic rings. The minimum Gasteiger partial charge on any atom is -0.481 e. The summed E-state index contributed by atoms with van der Waals surface area (Å²) < 4.78 is 1.20. The molecule has 0 bridgehead atoms. The van der Waals surface area contributed by atoms with Crippen LogP contribution in [-0.4, -0.2) is 11.1 Å². The summed E-state index contributed by atoms with van der Waals surface area (Å²) in [6.45, 7) is 2.27. The van der Waals surface area contributed by atoms with Crippen LogP contribution >= 0.6 is 15.9 Å². The maximum absolute atomic E-state index is 10.4. The van der Waals surface area contributed by atoms with Crippen LogP contribution in [0.3, 0.4) is 0 Å². The van der Waals surface area contributed by atoms with E-state index in [0.29, 0.717) is 0 Å². The van der Waals surface area contributed by atoms with E-state index >= 15 is 0 Å². The Hall–Kier alpha value is -0.570. The predicted molar refractivity (Wildman–Crippen MR) is 113 cm³/mol. The molecule has 0 rings (SSSR count). The van der Waals surface area contributed by atoms with Crippen LogP contribution in [-0.2, 0) is 4.79 Å². The lowest BCUT2D eigenvalue weighted by Crippen LogP contribution is -1.92. The van der Waals surface area contributed by atoms with Crippen LogP contribution in [0, 0.1) is 0 Å². The van der Waals surface area contributed by atoms with Crippen LogP contribution in [0.25, 0.3) is 0 Å². The normalized spacial score (nSPS) is 12.2. The van der Waals surface area contributed by atoms with Crippen molar-refractivity contribution in [1.82, 2.24) is 0 Å². The molecule has 2 nitrogen and oxygen atoms in total. The SMILES string of the molecule is CCCCCCCCCCCC/C=C\CC/C(Br)=C\CCCC(=O)O. The molecule has 0 amide bonds. The molecule has 0 heterocycles. The van der Waals surface area contributed by atoms with E-state index in [1.807, 2.05) is 0 Å². The lowest BCUT2D eigenvalue weighted by atomic mass is 10.1. The van der Waals surface area contributed by atoms with Gasteiger partial charge in [0.15, 0.2) is 0 Å². The summed E-state index contributed by atoms with van der Waals surface area (Å²) in [7, 11) is 0. The first-order valence-corrected chi connectivity index (χ1v) is 11.2. The summed E-state index contributed by atoms with van der Waals surface area (Å²) in [6.07, 6.45) is 25.8. The number of unbranched alkanes of at least 4 members (excludes halogenated alkanes) is 11. The first-order valence-electron chi connectivity index (χ1n) is 10.4. The van der Waals surface area contributed by atoms with E-state index < -0.39 is 5.97 Å². The Balaban J connectivity index is 3.32. The molecule has 0 aromatic carbocycles. The highest BCUT2D eigenvalue weighted by Gasteiger charge is 1.96. The Morgan fingerprint density at radius 2 is 1.32 bits per heavy atom. The van der Waals surface area contributed by atoms with Crippen molar-refractivity contribution in [2.45, 2.75) is 110 Å². The fourth-order valence-electron chi connectivity index (χ4n) is 2.82. The summed E-state index contributed by atoms with van der Waals surface area (Å²) >= 11 is 3.56. The minimum atomic E-state index is -0.709. The van der Waals surface area contributed by atoms with Crippen molar-refractivity contribution < 1.29 is 9.90 Å². The van der Waals surface area contributed by atoms with Gasteiger partial charge in [0.05, 0.1) is 0 Å². The summed E-state index contributed by atoms with van der Waals surface area (Å²) in [5.41, 5.74) is 0. The third-order valence-electron chi connectivity index (χ3n) is 4.40. The molecular formula is C22H39BrO2. The van der Waals surface area contributed by atoms with Gasteiger partial charge >= 0.3 is 5.97 Å². The Kier molecular flexibility index (Phi) is 19.3. The number of hydrogen-bond acceptors (Lipinski definition) is 1. The monoisotopic (exact) mass is 414 g/mol. The quantitative estimate of drug-likeness (QED) is 0.181. The highest BCUT2D eigenvalue weighted by molar-refractivity contribution is 9.11. The van der Waals surface area contributed by atoms with Crippen molar-refractivity contribution in [1.29, 1.82) is 0 Å². The number of carbonyl (C=O) groups is 1. The van der Waals surface area contributed by atoms with Gasteiger partial charge in [-0.25, -0.2) is 0 Å². The van der Waals surface area contributed by atoms with Crippen molar-refractivity contribution in [2.75, 3.05) is 0 Å². The number of rotatable bonds is 18. The van der Waals surface area contributed by atoms with Gasteiger partial charge in [-0.15, -0.1) is 0 Å². The molecule has 1 N–H and O–H groups in total. The van der Waals surface area contributed by atoms with Gasteiger partial charge < -0.3 is 5.11 Å². The second-order valence-corrected chi connectivity index (χ2v) is 7.94. The number of halogens is 1. The van der Waals surface area contributed by atoms with Crippen molar-refractivity contribution in [2.24, 2.45) is 0 Å². The molecule has 0 fully saturated rings. The fraction of sp³-hybridized carbons (Fsp3) is 0.773. The van der Waals surface area contributed by atoms with E-state index in [-0.39, 0.29) is 6.42 Å². The van der Waals surface area contributed by atoms with E-state index in [1.165, 1.54) is 75.1 Å². The Bertz CT molecular complexity index is 361. The summed E-state index contributed by atoms with van der Waals surface area (Å²) in [5, 5.41) is 8.58. The largest absolute Gasteiger partial charge is 0.481 e. The Morgan fingerprint density at radius 1 is 0.760 bits per heavy atom. The van der Waals surface area contributed by atoms with Gasteiger partial charge in [-0.05, 0) is 43.0 Å². The van der Waals surface area contributed by atoms with Crippen LogP contribution < -0.4 is 0 Å². The highest BCUT2D eigenvalue weighted by Crippen LogP contribution is 2.16. The zero-order chi connectivity index (χ0) is 18.6. The predicted octanol–water partition coefficient (Wildman–Crippen LogP) is 8.17. The van der Waals surface area contributed by atoms with Gasteiger partial charge in [-0.2, -0.15) is 0 Å². The van der Waals surface area contributed by atoms with Gasteiger partial charge in [0.2, 0.25) is 0 Å². The van der Waals surface area contributed by atoms with E-state index in [2.05, 4.69) is 41.1 Å². The Morgan fingerprint density at radius 3 is 1.92 bits per heavy atom. The first kappa shape index (κ1) is 24.4. The summed E-state index contributed by atoms with van der Waals surface area (Å²) in [4.78, 5) is 10.4. The maximum atomic E-state index is 10.4. The van der Waals surface area contributed by atoms with Gasteiger partial charge in [0.1, 0.15) is 0 Å². The standard InChI is InChI=1S/C22H39BrO2/c1-2-3-4-5-6-7-8-9-10-11-12-13-14-15-18-21(23)19-16-17-20-22(24)25/h13-14,19H,2-12,15-18,20H2,1H3,(H,24,25)/b14-13-,21-19+. The van der Waals surface area contributed by atoms with Crippen molar-refractivity contribution in [3.05, 3.63) is 22.7 Å². The van der Waals surface area contributed by atoms with Crippen LogP contribution in [0.2, 0.25) is 0 Å². The maximum Gasteiger partial charge on any atom is 0.303 e. The first-order chi connectivity index (χ1) is 12.2. The number of aliphatic carboxylic acids is 1. The lowest BCUT2D eigenvalue weighted by Gasteiger charge is -2.01. The van der Waals surface area contributed by atoms with Gasteiger partial charge in [0.25, 0.3) is 0 Å². The molecule has 0 atom stereocenters. The molecule has 25 heavy (non-hydrogen) atoms. The highest BCUT2D eigenvalue weighted by atomic mass is 79.9. The number of carboxylic acids is 1. The van der Waals surface area contributed by atoms with Crippen molar-refractivity contribution in [3.8, 4) is 0 Å². The van der Waals surface area contributed by atoms with Gasteiger partial charge in [-0.1, -0.05) is 98.9 Å². The average Bonchev–Trinajstić information content (AvgIpc) is 2.59. The number of hydrogen-bond donors (Lipinski definition) is 1. The summed E-state index contributed by atoms with van der Waals surface area (Å²) in [6, 6.07) is 0. The van der Waals surface area contributed by atoms with Crippen LogP contribution in [0.5, 0.6) is 0 Å². The van der Waals surface area contributed by atoms with Gasteiger partial charge in [-0.3, -0.25) is 4.79 Å². The number of carboxylic acid groups (broad SMARTS) is 1. The lowest BCUT2D eigenvalue weighted by molar-refractivity contribution is -0.137. The smallest absolute Gasteiger partial charge is 0.303 e. The molecule has 0 radical (unpaired) electrons. The molecule has 0 saturated carbocycles. The molecule has 0 aliphatic rings. The molecule has 3 heteroatoms.